The fraction of sp³-hybridized carbons (Fsp3) is 0.182. The highest BCUT2D eigenvalue weighted by Gasteiger charge is 2.19. The Kier molecular flexibility index (Phi) is 5.66. The van der Waals surface area contributed by atoms with Crippen LogP contribution in [0.4, 0.5) is 10.5 Å². The second-order valence-electron chi connectivity index (χ2n) is 6.06. The Bertz CT molecular complexity index is 1080. The highest BCUT2D eigenvalue weighted by molar-refractivity contribution is 5.96. The summed E-state index contributed by atoms with van der Waals surface area (Å²) in [4.78, 5) is 11.8. The minimum Gasteiger partial charge on any atom is -0.497 e. The lowest BCUT2D eigenvalue weighted by Gasteiger charge is -2.11. The molecule has 2 aromatic carbocycles. The highest BCUT2D eigenvalue weighted by Crippen LogP contribution is 2.36. The molecular formula is C22H21N3O3. The molecule has 0 aliphatic rings. The van der Waals surface area contributed by atoms with Crippen molar-refractivity contribution in [1.82, 2.24) is 4.57 Å². The van der Waals surface area contributed by atoms with Gasteiger partial charge in [-0.15, -0.1) is 0 Å². The van der Waals surface area contributed by atoms with Crippen molar-refractivity contribution in [3.63, 3.8) is 0 Å². The van der Waals surface area contributed by atoms with E-state index < -0.39 is 6.09 Å². The monoisotopic (exact) mass is 375 g/mol. The summed E-state index contributed by atoms with van der Waals surface area (Å²) in [6, 6.07) is 15.4. The molecule has 0 aliphatic carbocycles. The van der Waals surface area contributed by atoms with Gasteiger partial charge in [0, 0.05) is 29.2 Å². The van der Waals surface area contributed by atoms with Crippen molar-refractivity contribution in [2.24, 2.45) is 0 Å². The lowest BCUT2D eigenvalue weighted by molar-refractivity contribution is 0.174. The maximum absolute atomic E-state index is 11.8. The quantitative estimate of drug-likeness (QED) is 0.619. The molecule has 0 aliphatic heterocycles. The van der Waals surface area contributed by atoms with Gasteiger partial charge >= 0.3 is 6.09 Å². The van der Waals surface area contributed by atoms with Crippen LogP contribution in [-0.2, 0) is 11.3 Å². The van der Waals surface area contributed by atoms with Gasteiger partial charge in [0.05, 0.1) is 23.9 Å². The maximum Gasteiger partial charge on any atom is 0.411 e. The first kappa shape index (κ1) is 19.1. The van der Waals surface area contributed by atoms with Gasteiger partial charge in [0.25, 0.3) is 0 Å². The summed E-state index contributed by atoms with van der Waals surface area (Å²) >= 11 is 0. The molecule has 6 nitrogen and oxygen atoms in total. The number of ether oxygens (including phenoxy) is 2. The summed E-state index contributed by atoms with van der Waals surface area (Å²) in [7, 11) is 1.62. The number of nitrogens with zero attached hydrogens (tertiary/aromatic N) is 2. The highest BCUT2D eigenvalue weighted by atomic mass is 16.5. The summed E-state index contributed by atoms with van der Waals surface area (Å²) in [6.45, 7) is 6.36. The molecule has 3 rings (SSSR count). The largest absolute Gasteiger partial charge is 0.497 e. The number of hydrogen-bond donors (Lipinski definition) is 1. The minimum absolute atomic E-state index is 0.135. The molecule has 0 saturated heterocycles. The Balaban J connectivity index is 2.10. The Labute approximate surface area is 163 Å². The molecule has 1 N–H and O–H groups in total. The number of nitriles is 1. The van der Waals surface area contributed by atoms with E-state index in [4.69, 9.17) is 9.47 Å². The number of anilines is 1. The van der Waals surface area contributed by atoms with Crippen LogP contribution in [0, 0.1) is 11.3 Å². The summed E-state index contributed by atoms with van der Waals surface area (Å²) in [5.74, 6) is 0.733. The zero-order valence-corrected chi connectivity index (χ0v) is 15.9. The molecule has 1 heterocycles. The first-order chi connectivity index (χ1) is 13.6. The number of amides is 1. The Morgan fingerprint density at radius 2 is 2.14 bits per heavy atom. The van der Waals surface area contributed by atoms with E-state index in [-0.39, 0.29) is 6.61 Å². The van der Waals surface area contributed by atoms with Gasteiger partial charge < -0.3 is 14.0 Å². The SMILES string of the molecule is C=CCOC(=O)Nc1cccc(-c2c(C#N)c3ccc(OC)cc3n2CC)c1. The summed E-state index contributed by atoms with van der Waals surface area (Å²) in [5.41, 5.74) is 3.73. The number of carbonyl (C=O) groups is 1. The first-order valence-electron chi connectivity index (χ1n) is 8.88. The normalized spacial score (nSPS) is 10.3. The number of hydrogen-bond acceptors (Lipinski definition) is 4. The average molecular weight is 375 g/mol. The van der Waals surface area contributed by atoms with Crippen LogP contribution in [0.1, 0.15) is 12.5 Å². The topological polar surface area (TPSA) is 76.3 Å². The molecule has 0 fully saturated rings. The third-order valence-electron chi connectivity index (χ3n) is 4.41. The molecule has 0 unspecified atom stereocenters. The van der Waals surface area contributed by atoms with Gasteiger partial charge in [-0.1, -0.05) is 24.8 Å². The van der Waals surface area contributed by atoms with Crippen LogP contribution in [0.2, 0.25) is 0 Å². The van der Waals surface area contributed by atoms with E-state index in [1.165, 1.54) is 6.08 Å². The van der Waals surface area contributed by atoms with Crippen molar-refractivity contribution in [3.05, 3.63) is 60.7 Å². The summed E-state index contributed by atoms with van der Waals surface area (Å²) in [5, 5.41) is 13.4. The number of carbonyl (C=O) groups excluding carboxylic acids is 1. The van der Waals surface area contributed by atoms with Gasteiger partial charge in [-0.3, -0.25) is 5.32 Å². The molecule has 0 atom stereocenters. The number of aromatic nitrogens is 1. The molecule has 1 amide bonds. The predicted octanol–water partition coefficient (Wildman–Crippen LogP) is 4.94. The smallest absolute Gasteiger partial charge is 0.411 e. The zero-order chi connectivity index (χ0) is 20.1. The van der Waals surface area contributed by atoms with Gasteiger partial charge in [0.2, 0.25) is 0 Å². The van der Waals surface area contributed by atoms with Crippen molar-refractivity contribution < 1.29 is 14.3 Å². The fourth-order valence-corrected chi connectivity index (χ4v) is 3.23. The average Bonchev–Trinajstić information content (AvgIpc) is 3.04. The molecule has 142 valence electrons. The number of aryl methyl sites for hydroxylation is 1. The van der Waals surface area contributed by atoms with Crippen molar-refractivity contribution >= 4 is 22.7 Å². The van der Waals surface area contributed by atoms with Crippen molar-refractivity contribution in [2.75, 3.05) is 19.0 Å². The molecule has 0 saturated carbocycles. The number of fused-ring (bicyclic) bond motifs is 1. The molecule has 0 bridgehead atoms. The lowest BCUT2D eigenvalue weighted by Crippen LogP contribution is -2.13. The first-order valence-corrected chi connectivity index (χ1v) is 8.88. The van der Waals surface area contributed by atoms with Gasteiger partial charge in [-0.05, 0) is 31.2 Å². The van der Waals surface area contributed by atoms with E-state index in [1.54, 1.807) is 13.2 Å². The second-order valence-corrected chi connectivity index (χ2v) is 6.06. The fourth-order valence-electron chi connectivity index (χ4n) is 3.23. The third-order valence-corrected chi connectivity index (χ3v) is 4.41. The molecule has 28 heavy (non-hydrogen) atoms. The van der Waals surface area contributed by atoms with E-state index in [2.05, 4.69) is 22.5 Å². The van der Waals surface area contributed by atoms with Crippen molar-refractivity contribution in [1.29, 1.82) is 5.26 Å². The van der Waals surface area contributed by atoms with Gasteiger partial charge in [-0.2, -0.15) is 5.26 Å². The predicted molar refractivity (Wildman–Crippen MR) is 109 cm³/mol. The summed E-state index contributed by atoms with van der Waals surface area (Å²) in [6.07, 6.45) is 0.946. The molecule has 6 heteroatoms. The molecule has 0 radical (unpaired) electrons. The molecule has 0 spiro atoms. The Morgan fingerprint density at radius 3 is 2.82 bits per heavy atom. The van der Waals surface area contributed by atoms with Crippen LogP contribution < -0.4 is 10.1 Å². The number of rotatable bonds is 6. The van der Waals surface area contributed by atoms with Crippen LogP contribution in [-0.4, -0.2) is 24.4 Å². The molecular weight excluding hydrogens is 354 g/mol. The number of methoxy groups -OCH3 is 1. The van der Waals surface area contributed by atoms with Crippen LogP contribution in [0.5, 0.6) is 5.75 Å². The van der Waals surface area contributed by atoms with Gasteiger partial charge in [-0.25, -0.2) is 4.79 Å². The van der Waals surface area contributed by atoms with E-state index >= 15 is 0 Å². The van der Waals surface area contributed by atoms with E-state index in [1.807, 2.05) is 43.3 Å². The second kappa shape index (κ2) is 8.31. The van der Waals surface area contributed by atoms with Gasteiger partial charge in [0.15, 0.2) is 0 Å². The standard InChI is InChI=1S/C22H21N3O3/c1-4-11-28-22(26)24-16-8-6-7-15(12-16)21-19(14-23)18-10-9-17(27-3)13-20(18)25(21)5-2/h4,6-10,12-13H,1,5,11H2,2-3H3,(H,24,26). The maximum atomic E-state index is 11.8. The van der Waals surface area contributed by atoms with Crippen LogP contribution in [0.15, 0.2) is 55.1 Å². The van der Waals surface area contributed by atoms with Crippen LogP contribution in [0.3, 0.4) is 0 Å². The van der Waals surface area contributed by atoms with E-state index in [9.17, 15) is 10.1 Å². The summed E-state index contributed by atoms with van der Waals surface area (Å²) < 4.78 is 12.4. The number of benzene rings is 2. The van der Waals surface area contributed by atoms with Crippen LogP contribution in [0.25, 0.3) is 22.2 Å². The Hall–Kier alpha value is -3.72. The van der Waals surface area contributed by atoms with Crippen molar-refractivity contribution in [3.8, 4) is 23.1 Å². The van der Waals surface area contributed by atoms with E-state index in [0.717, 1.165) is 27.9 Å². The third kappa shape index (κ3) is 3.55. The van der Waals surface area contributed by atoms with Gasteiger partial charge in [0.1, 0.15) is 18.4 Å². The van der Waals surface area contributed by atoms with Crippen molar-refractivity contribution in [2.45, 2.75) is 13.5 Å². The number of nitrogens with one attached hydrogen (secondary N) is 1. The van der Waals surface area contributed by atoms with Crippen LogP contribution >= 0.6 is 0 Å². The molecule has 1 aromatic heterocycles. The Morgan fingerprint density at radius 1 is 1.32 bits per heavy atom. The molecule has 3 aromatic rings. The van der Waals surface area contributed by atoms with E-state index in [0.29, 0.717) is 17.8 Å². The minimum atomic E-state index is -0.557. The zero-order valence-electron chi connectivity index (χ0n) is 15.9. The lowest BCUT2D eigenvalue weighted by atomic mass is 10.1.